The minimum atomic E-state index is -0.120. The molecule has 0 radical (unpaired) electrons. The molecular formula is C13H15N3OS. The molecule has 0 spiro atoms. The number of aromatic nitrogens is 1. The molecule has 2 rings (SSSR count). The Bertz CT molecular complexity index is 577. The average Bonchev–Trinajstić information content (AvgIpc) is 2.67. The van der Waals surface area contributed by atoms with E-state index < -0.39 is 0 Å². The molecule has 1 aromatic carbocycles. The first-order chi connectivity index (χ1) is 8.58. The second kappa shape index (κ2) is 5.18. The fraction of sp³-hybridized carbons (Fsp3) is 0.231. The summed E-state index contributed by atoms with van der Waals surface area (Å²) >= 11 is 1.22. The molecule has 0 unspecified atom stereocenters. The van der Waals surface area contributed by atoms with Gasteiger partial charge in [-0.1, -0.05) is 35.6 Å². The molecular weight excluding hydrogens is 246 g/mol. The maximum atomic E-state index is 12.0. The van der Waals surface area contributed by atoms with Crippen LogP contribution in [-0.2, 0) is 6.54 Å². The minimum absolute atomic E-state index is 0.120. The number of nitrogen functional groups attached to an aromatic ring is 1. The molecule has 0 aliphatic rings. The number of aryl methyl sites for hydroxylation is 2. The number of hydrogen-bond acceptors (Lipinski definition) is 4. The van der Waals surface area contributed by atoms with E-state index in [1.165, 1.54) is 16.9 Å². The summed E-state index contributed by atoms with van der Waals surface area (Å²) in [6.07, 6.45) is 0. The number of hydrogen-bond donors (Lipinski definition) is 2. The van der Waals surface area contributed by atoms with Gasteiger partial charge in [-0.15, -0.1) is 0 Å². The fourth-order valence-corrected chi connectivity index (χ4v) is 2.44. The van der Waals surface area contributed by atoms with Crippen LogP contribution < -0.4 is 11.1 Å². The average molecular weight is 261 g/mol. The van der Waals surface area contributed by atoms with Crippen LogP contribution in [0, 0.1) is 13.8 Å². The van der Waals surface area contributed by atoms with Crippen molar-refractivity contribution in [3.05, 3.63) is 46.0 Å². The lowest BCUT2D eigenvalue weighted by molar-refractivity contribution is 0.0954. The summed E-state index contributed by atoms with van der Waals surface area (Å²) in [5.41, 5.74) is 8.53. The van der Waals surface area contributed by atoms with Crippen molar-refractivity contribution in [1.82, 2.24) is 10.3 Å². The molecule has 0 saturated carbocycles. The Hall–Kier alpha value is -1.88. The first-order valence-corrected chi connectivity index (χ1v) is 6.45. The topological polar surface area (TPSA) is 68.0 Å². The summed E-state index contributed by atoms with van der Waals surface area (Å²) in [5.74, 6) is -0.120. The van der Waals surface area contributed by atoms with Crippen molar-refractivity contribution >= 4 is 22.4 Å². The van der Waals surface area contributed by atoms with Crippen molar-refractivity contribution < 1.29 is 4.79 Å². The van der Waals surface area contributed by atoms with Gasteiger partial charge in [0.05, 0.1) is 5.69 Å². The third-order valence-electron chi connectivity index (χ3n) is 2.72. The normalized spacial score (nSPS) is 10.3. The van der Waals surface area contributed by atoms with Crippen molar-refractivity contribution in [2.75, 3.05) is 5.73 Å². The van der Waals surface area contributed by atoms with E-state index in [9.17, 15) is 4.79 Å². The van der Waals surface area contributed by atoms with Gasteiger partial charge in [0.25, 0.3) is 5.91 Å². The number of nitrogens with two attached hydrogens (primary N) is 1. The van der Waals surface area contributed by atoms with Crippen molar-refractivity contribution in [2.24, 2.45) is 0 Å². The zero-order valence-corrected chi connectivity index (χ0v) is 11.2. The molecule has 0 aliphatic heterocycles. The quantitative estimate of drug-likeness (QED) is 0.890. The van der Waals surface area contributed by atoms with E-state index in [1.54, 1.807) is 6.92 Å². The van der Waals surface area contributed by atoms with Gasteiger partial charge in [0, 0.05) is 6.54 Å². The van der Waals surface area contributed by atoms with Crippen molar-refractivity contribution in [3.8, 4) is 0 Å². The summed E-state index contributed by atoms with van der Waals surface area (Å²) in [6, 6.07) is 7.97. The van der Waals surface area contributed by atoms with Gasteiger partial charge < -0.3 is 11.1 Å². The summed E-state index contributed by atoms with van der Waals surface area (Å²) in [4.78, 5) is 16.6. The molecule has 5 heteroatoms. The molecule has 4 nitrogen and oxygen atoms in total. The van der Waals surface area contributed by atoms with Crippen LogP contribution in [0.2, 0.25) is 0 Å². The molecule has 0 saturated heterocycles. The number of carbonyl (C=O) groups is 1. The monoisotopic (exact) mass is 261 g/mol. The Kier molecular flexibility index (Phi) is 3.62. The summed E-state index contributed by atoms with van der Waals surface area (Å²) < 4.78 is 0. The largest absolute Gasteiger partial charge is 0.375 e. The van der Waals surface area contributed by atoms with Crippen LogP contribution in [0.4, 0.5) is 5.13 Å². The lowest BCUT2D eigenvalue weighted by Crippen LogP contribution is -2.22. The highest BCUT2D eigenvalue weighted by molar-refractivity contribution is 7.17. The van der Waals surface area contributed by atoms with Crippen LogP contribution in [0.5, 0.6) is 0 Å². The van der Waals surface area contributed by atoms with Crippen LogP contribution in [0.15, 0.2) is 24.3 Å². The second-order valence-electron chi connectivity index (χ2n) is 4.08. The minimum Gasteiger partial charge on any atom is -0.375 e. The van der Waals surface area contributed by atoms with Gasteiger partial charge in [-0.2, -0.15) is 0 Å². The summed E-state index contributed by atoms with van der Waals surface area (Å²) in [5, 5.41) is 3.31. The number of benzene rings is 1. The van der Waals surface area contributed by atoms with E-state index in [0.717, 1.165) is 5.56 Å². The van der Waals surface area contributed by atoms with Crippen LogP contribution in [-0.4, -0.2) is 10.9 Å². The molecule has 0 fully saturated rings. The molecule has 94 valence electrons. The molecule has 2 aromatic rings. The van der Waals surface area contributed by atoms with Crippen molar-refractivity contribution in [3.63, 3.8) is 0 Å². The van der Waals surface area contributed by atoms with E-state index in [0.29, 0.717) is 22.2 Å². The standard InChI is InChI=1S/C13H15N3OS/c1-8-5-3-4-6-10(8)7-15-12(17)11-9(2)16-13(14)18-11/h3-6H,7H2,1-2H3,(H2,14,16)(H,15,17). The molecule has 18 heavy (non-hydrogen) atoms. The second-order valence-corrected chi connectivity index (χ2v) is 5.11. The molecule has 3 N–H and O–H groups in total. The SMILES string of the molecule is Cc1ccccc1CNC(=O)c1sc(N)nc1C. The first kappa shape index (κ1) is 12.6. The van der Waals surface area contributed by atoms with Gasteiger partial charge in [0.1, 0.15) is 4.88 Å². The smallest absolute Gasteiger partial charge is 0.263 e. The zero-order valence-electron chi connectivity index (χ0n) is 10.4. The molecule has 0 atom stereocenters. The van der Waals surface area contributed by atoms with Crippen LogP contribution in [0.3, 0.4) is 0 Å². The Morgan fingerprint density at radius 1 is 1.39 bits per heavy atom. The van der Waals surface area contributed by atoms with E-state index in [-0.39, 0.29) is 5.91 Å². The lowest BCUT2D eigenvalue weighted by Gasteiger charge is -2.06. The van der Waals surface area contributed by atoms with Crippen LogP contribution in [0.25, 0.3) is 0 Å². The first-order valence-electron chi connectivity index (χ1n) is 5.63. The highest BCUT2D eigenvalue weighted by atomic mass is 32.1. The Balaban J connectivity index is 2.05. The van der Waals surface area contributed by atoms with Crippen LogP contribution >= 0.6 is 11.3 Å². The van der Waals surface area contributed by atoms with Gasteiger partial charge in [-0.05, 0) is 25.0 Å². The number of nitrogens with one attached hydrogen (secondary N) is 1. The van der Waals surface area contributed by atoms with Crippen LogP contribution in [0.1, 0.15) is 26.5 Å². The lowest BCUT2D eigenvalue weighted by atomic mass is 10.1. The maximum Gasteiger partial charge on any atom is 0.263 e. The fourth-order valence-electron chi connectivity index (χ4n) is 1.69. The van der Waals surface area contributed by atoms with Gasteiger partial charge in [0.2, 0.25) is 0 Å². The molecule has 1 heterocycles. The van der Waals surface area contributed by atoms with E-state index >= 15 is 0 Å². The number of nitrogens with zero attached hydrogens (tertiary/aromatic N) is 1. The van der Waals surface area contributed by atoms with Gasteiger partial charge >= 0.3 is 0 Å². The molecule has 0 bridgehead atoms. The number of thiazole rings is 1. The van der Waals surface area contributed by atoms with E-state index in [4.69, 9.17) is 5.73 Å². The summed E-state index contributed by atoms with van der Waals surface area (Å²) in [7, 11) is 0. The van der Waals surface area contributed by atoms with E-state index in [1.807, 2.05) is 31.2 Å². The Labute approximate surface area is 110 Å². The molecule has 0 aliphatic carbocycles. The highest BCUT2D eigenvalue weighted by Gasteiger charge is 2.13. The molecule has 1 aromatic heterocycles. The Morgan fingerprint density at radius 2 is 2.11 bits per heavy atom. The number of carbonyl (C=O) groups excluding carboxylic acids is 1. The summed E-state index contributed by atoms with van der Waals surface area (Å²) in [6.45, 7) is 4.33. The predicted molar refractivity (Wildman–Crippen MR) is 73.6 cm³/mol. The number of anilines is 1. The van der Waals surface area contributed by atoms with Gasteiger partial charge in [-0.25, -0.2) is 4.98 Å². The Morgan fingerprint density at radius 3 is 2.72 bits per heavy atom. The molecule has 1 amide bonds. The third kappa shape index (κ3) is 2.68. The third-order valence-corrected chi connectivity index (χ3v) is 3.71. The number of rotatable bonds is 3. The highest BCUT2D eigenvalue weighted by Crippen LogP contribution is 2.19. The zero-order chi connectivity index (χ0) is 13.1. The van der Waals surface area contributed by atoms with Gasteiger partial charge in [-0.3, -0.25) is 4.79 Å². The van der Waals surface area contributed by atoms with Gasteiger partial charge in [0.15, 0.2) is 5.13 Å². The van der Waals surface area contributed by atoms with Crippen molar-refractivity contribution in [2.45, 2.75) is 20.4 Å². The predicted octanol–water partition coefficient (Wildman–Crippen LogP) is 2.27. The van der Waals surface area contributed by atoms with Crippen molar-refractivity contribution in [1.29, 1.82) is 0 Å². The maximum absolute atomic E-state index is 12.0. The number of amides is 1. The van der Waals surface area contributed by atoms with E-state index in [2.05, 4.69) is 10.3 Å².